The number of rotatable bonds is 4. The smallest absolute Gasteiger partial charge is 0.277 e. The number of anilines is 2. The number of nitrogens with one attached hydrogen (secondary N) is 2. The molecule has 0 aliphatic carbocycles. The van der Waals surface area contributed by atoms with Gasteiger partial charge in [-0.2, -0.15) is 0 Å². The number of hydrogen-bond acceptors (Lipinski definition) is 5. The van der Waals surface area contributed by atoms with Crippen molar-refractivity contribution in [1.82, 2.24) is 14.8 Å². The molecule has 120 valence electrons. The molecule has 0 aliphatic rings. The summed E-state index contributed by atoms with van der Waals surface area (Å²) in [6.07, 6.45) is 0. The van der Waals surface area contributed by atoms with Crippen LogP contribution in [0.5, 0.6) is 5.75 Å². The van der Waals surface area contributed by atoms with Gasteiger partial charge in [0.1, 0.15) is 16.3 Å². The first-order chi connectivity index (χ1) is 11.0. The van der Waals surface area contributed by atoms with E-state index in [0.717, 1.165) is 5.56 Å². The summed E-state index contributed by atoms with van der Waals surface area (Å²) in [4.78, 5) is 16.4. The number of nitrogens with zero attached hydrogens (tertiary/aromatic N) is 2. The molecule has 0 amide bonds. The number of H-pyrrole nitrogens is 1. The van der Waals surface area contributed by atoms with E-state index in [-0.39, 0.29) is 10.7 Å². The number of hydrogen-bond donors (Lipinski definition) is 3. The zero-order valence-electron chi connectivity index (χ0n) is 12.7. The number of nitrogens with two attached hydrogens (primary N) is 1. The van der Waals surface area contributed by atoms with E-state index in [0.29, 0.717) is 34.7 Å². The lowest BCUT2D eigenvalue weighted by atomic mass is 10.1. The number of aromatic amines is 1. The highest BCUT2D eigenvalue weighted by Gasteiger charge is 2.15. The van der Waals surface area contributed by atoms with Gasteiger partial charge in [0.2, 0.25) is 0 Å². The predicted octanol–water partition coefficient (Wildman–Crippen LogP) is 2.13. The molecular formula is C15H16ClN5O2. The monoisotopic (exact) mass is 333 g/mol. The molecule has 8 heteroatoms. The van der Waals surface area contributed by atoms with E-state index in [1.807, 2.05) is 18.2 Å². The summed E-state index contributed by atoms with van der Waals surface area (Å²) in [5.74, 6) is 0.628. The van der Waals surface area contributed by atoms with Gasteiger partial charge < -0.3 is 15.8 Å². The van der Waals surface area contributed by atoms with Gasteiger partial charge in [0, 0.05) is 19.2 Å². The van der Waals surface area contributed by atoms with Crippen LogP contribution in [0, 0.1) is 0 Å². The van der Waals surface area contributed by atoms with Crippen molar-refractivity contribution in [3.8, 4) is 5.75 Å². The molecule has 7 nitrogen and oxygen atoms in total. The number of aryl methyl sites for hydroxylation is 1. The Bertz CT molecular complexity index is 931. The van der Waals surface area contributed by atoms with Gasteiger partial charge in [0.15, 0.2) is 5.65 Å². The van der Waals surface area contributed by atoms with Gasteiger partial charge in [0.25, 0.3) is 5.56 Å². The van der Waals surface area contributed by atoms with Crippen LogP contribution >= 0.6 is 11.6 Å². The summed E-state index contributed by atoms with van der Waals surface area (Å²) < 4.78 is 6.79. The van der Waals surface area contributed by atoms with Gasteiger partial charge in [-0.15, -0.1) is 0 Å². The Morgan fingerprint density at radius 2 is 2.22 bits per heavy atom. The first-order valence-electron chi connectivity index (χ1n) is 6.93. The topological polar surface area (TPSA) is 98.0 Å². The number of ether oxygens (including phenoxy) is 1. The standard InChI is InChI=1S/C15H16ClN5O2/c1-21-15(22)12-10(6-11(16)19-14(12)20-21)18-9-5-3-4-8(7-17)13(9)23-2/h3-6H,7,17H2,1-2H3,(H2,18,19,20). The second-order valence-corrected chi connectivity index (χ2v) is 5.41. The van der Waals surface area contributed by atoms with Crippen molar-refractivity contribution >= 4 is 34.0 Å². The maximum absolute atomic E-state index is 12.3. The van der Waals surface area contributed by atoms with Crippen molar-refractivity contribution < 1.29 is 4.74 Å². The summed E-state index contributed by atoms with van der Waals surface area (Å²) in [5, 5.41) is 6.76. The Kier molecular flexibility index (Phi) is 3.97. The van der Waals surface area contributed by atoms with Crippen molar-refractivity contribution in [2.24, 2.45) is 12.8 Å². The average molecular weight is 334 g/mol. The van der Waals surface area contributed by atoms with E-state index >= 15 is 0 Å². The fourth-order valence-corrected chi connectivity index (χ4v) is 2.71. The lowest BCUT2D eigenvalue weighted by molar-refractivity contribution is 0.412. The fourth-order valence-electron chi connectivity index (χ4n) is 2.52. The molecule has 0 fully saturated rings. The SMILES string of the molecule is COc1c(CN)cccc1Nc1cc(Cl)nc2[nH]n(C)c(=O)c12. The van der Waals surface area contributed by atoms with Crippen molar-refractivity contribution in [1.29, 1.82) is 0 Å². The molecule has 2 aromatic heterocycles. The summed E-state index contributed by atoms with van der Waals surface area (Å²) in [6, 6.07) is 7.19. The molecular weight excluding hydrogens is 318 g/mol. The third kappa shape index (κ3) is 2.64. The van der Waals surface area contributed by atoms with Crippen LogP contribution in [-0.4, -0.2) is 21.9 Å². The molecule has 0 atom stereocenters. The van der Waals surface area contributed by atoms with E-state index < -0.39 is 0 Å². The highest BCUT2D eigenvalue weighted by molar-refractivity contribution is 6.30. The number of aromatic nitrogens is 3. The molecule has 0 unspecified atom stereocenters. The van der Waals surface area contributed by atoms with E-state index in [1.165, 1.54) is 4.68 Å². The van der Waals surface area contributed by atoms with Crippen LogP contribution in [0.2, 0.25) is 5.15 Å². The van der Waals surface area contributed by atoms with Gasteiger partial charge in [-0.25, -0.2) is 4.98 Å². The van der Waals surface area contributed by atoms with Crippen LogP contribution in [0.1, 0.15) is 5.56 Å². The highest BCUT2D eigenvalue weighted by atomic mass is 35.5. The molecule has 0 radical (unpaired) electrons. The number of fused-ring (bicyclic) bond motifs is 1. The number of pyridine rings is 1. The Morgan fingerprint density at radius 3 is 2.91 bits per heavy atom. The second-order valence-electron chi connectivity index (χ2n) is 5.02. The summed E-state index contributed by atoms with van der Waals surface area (Å²) in [7, 11) is 3.20. The molecule has 23 heavy (non-hydrogen) atoms. The molecule has 3 aromatic rings. The van der Waals surface area contributed by atoms with Gasteiger partial charge in [-0.05, 0) is 12.1 Å². The van der Waals surface area contributed by atoms with Crippen LogP contribution in [0.3, 0.4) is 0 Å². The van der Waals surface area contributed by atoms with Gasteiger partial charge in [0.05, 0.1) is 18.5 Å². The van der Waals surface area contributed by atoms with Crippen LogP contribution in [0.4, 0.5) is 11.4 Å². The van der Waals surface area contributed by atoms with Gasteiger partial charge in [-0.3, -0.25) is 14.6 Å². The summed E-state index contributed by atoms with van der Waals surface area (Å²) >= 11 is 6.05. The highest BCUT2D eigenvalue weighted by Crippen LogP contribution is 2.33. The Hall–Kier alpha value is -2.51. The van der Waals surface area contributed by atoms with E-state index in [2.05, 4.69) is 15.4 Å². The average Bonchev–Trinajstić information content (AvgIpc) is 2.81. The lowest BCUT2D eigenvalue weighted by Crippen LogP contribution is -2.12. The Balaban J connectivity index is 2.18. The number of methoxy groups -OCH3 is 1. The molecule has 0 spiro atoms. The van der Waals surface area contributed by atoms with Crippen LogP contribution in [0.15, 0.2) is 29.1 Å². The maximum atomic E-state index is 12.3. The third-order valence-corrected chi connectivity index (χ3v) is 3.76. The molecule has 4 N–H and O–H groups in total. The quantitative estimate of drug-likeness (QED) is 0.635. The number of halogens is 1. The Labute approximate surface area is 137 Å². The third-order valence-electron chi connectivity index (χ3n) is 3.57. The maximum Gasteiger partial charge on any atom is 0.277 e. The molecule has 0 aliphatic heterocycles. The largest absolute Gasteiger partial charge is 0.494 e. The van der Waals surface area contributed by atoms with E-state index in [1.54, 1.807) is 20.2 Å². The van der Waals surface area contributed by atoms with Crippen LogP contribution < -0.4 is 21.3 Å². The first kappa shape index (κ1) is 15.4. The summed E-state index contributed by atoms with van der Waals surface area (Å²) in [6.45, 7) is 0.344. The lowest BCUT2D eigenvalue weighted by Gasteiger charge is -2.14. The predicted molar refractivity (Wildman–Crippen MR) is 90.5 cm³/mol. The summed E-state index contributed by atoms with van der Waals surface area (Å²) in [5.41, 5.74) is 8.06. The van der Waals surface area contributed by atoms with Crippen molar-refractivity contribution in [2.75, 3.05) is 12.4 Å². The number of benzene rings is 1. The normalized spacial score (nSPS) is 11.0. The number of para-hydroxylation sites is 1. The fraction of sp³-hybridized carbons (Fsp3) is 0.200. The van der Waals surface area contributed by atoms with Gasteiger partial charge in [-0.1, -0.05) is 23.7 Å². The van der Waals surface area contributed by atoms with Crippen molar-refractivity contribution in [3.05, 3.63) is 45.3 Å². The molecule has 3 rings (SSSR count). The first-order valence-corrected chi connectivity index (χ1v) is 7.31. The van der Waals surface area contributed by atoms with E-state index in [9.17, 15) is 4.79 Å². The van der Waals surface area contributed by atoms with Crippen LogP contribution in [0.25, 0.3) is 11.0 Å². The zero-order chi connectivity index (χ0) is 16.6. The van der Waals surface area contributed by atoms with Crippen LogP contribution in [-0.2, 0) is 13.6 Å². The molecule has 0 saturated heterocycles. The molecule has 0 bridgehead atoms. The minimum atomic E-state index is -0.194. The molecule has 0 saturated carbocycles. The minimum Gasteiger partial charge on any atom is -0.494 e. The molecule has 2 heterocycles. The Morgan fingerprint density at radius 1 is 1.43 bits per heavy atom. The van der Waals surface area contributed by atoms with Crippen molar-refractivity contribution in [2.45, 2.75) is 6.54 Å². The second kappa shape index (κ2) is 5.94. The zero-order valence-corrected chi connectivity index (χ0v) is 13.4. The van der Waals surface area contributed by atoms with Gasteiger partial charge >= 0.3 is 0 Å². The van der Waals surface area contributed by atoms with Crippen molar-refractivity contribution in [3.63, 3.8) is 0 Å². The molecule has 1 aromatic carbocycles. The van der Waals surface area contributed by atoms with E-state index in [4.69, 9.17) is 22.1 Å². The minimum absolute atomic E-state index is 0.194.